The summed E-state index contributed by atoms with van der Waals surface area (Å²) in [5.41, 5.74) is 3.26. The molecule has 1 atom stereocenters. The molecule has 0 bridgehead atoms. The third-order valence-corrected chi connectivity index (χ3v) is 7.73. The first-order valence-electron chi connectivity index (χ1n) is 10.1. The van der Waals surface area contributed by atoms with Crippen molar-refractivity contribution in [1.29, 1.82) is 0 Å². The van der Waals surface area contributed by atoms with E-state index in [1.807, 2.05) is 61.5 Å². The number of hydrogen-bond acceptors (Lipinski definition) is 3. The Balaban J connectivity index is 1.58. The normalized spacial score (nSPS) is 15.2. The highest BCUT2D eigenvalue weighted by atomic mass is 35.5. The first-order valence-corrected chi connectivity index (χ1v) is 11.9. The number of halogens is 1. The van der Waals surface area contributed by atoms with Gasteiger partial charge in [0.2, 0.25) is 10.0 Å². The minimum absolute atomic E-state index is 0.0637. The van der Waals surface area contributed by atoms with E-state index >= 15 is 0 Å². The first-order chi connectivity index (χ1) is 14.9. The molecule has 1 N–H and O–H groups in total. The summed E-state index contributed by atoms with van der Waals surface area (Å²) < 4.78 is 28.0. The number of rotatable bonds is 5. The van der Waals surface area contributed by atoms with E-state index in [2.05, 4.69) is 5.32 Å². The molecule has 3 aromatic rings. The summed E-state index contributed by atoms with van der Waals surface area (Å²) in [5.74, 6) is -0.414. The molecule has 31 heavy (non-hydrogen) atoms. The summed E-state index contributed by atoms with van der Waals surface area (Å²) in [6, 6.07) is 21.4. The number of fused-ring (bicyclic) bond motifs is 1. The maximum atomic E-state index is 13.3. The molecule has 0 fully saturated rings. The van der Waals surface area contributed by atoms with Crippen LogP contribution in [0.1, 0.15) is 40.0 Å². The molecule has 4 rings (SSSR count). The van der Waals surface area contributed by atoms with Crippen molar-refractivity contribution in [3.05, 3.63) is 100 Å². The van der Waals surface area contributed by atoms with E-state index < -0.39 is 15.9 Å². The van der Waals surface area contributed by atoms with Crippen molar-refractivity contribution in [2.45, 2.75) is 30.8 Å². The SMILES string of the molecule is CC(NC(=O)c1cc(S(=O)(=O)N2CCc3ccccc3C2)ccc1Cl)c1ccccc1. The largest absolute Gasteiger partial charge is 0.345 e. The number of nitrogens with one attached hydrogen (secondary N) is 1. The highest BCUT2D eigenvalue weighted by Crippen LogP contribution is 2.28. The first kappa shape index (κ1) is 21.6. The van der Waals surface area contributed by atoms with Gasteiger partial charge in [-0.2, -0.15) is 4.31 Å². The average Bonchev–Trinajstić information content (AvgIpc) is 2.79. The number of hydrogen-bond donors (Lipinski definition) is 1. The van der Waals surface area contributed by atoms with Gasteiger partial charge in [-0.15, -0.1) is 0 Å². The van der Waals surface area contributed by atoms with E-state index in [-0.39, 0.29) is 21.5 Å². The molecule has 0 aliphatic carbocycles. The zero-order valence-electron chi connectivity index (χ0n) is 17.1. The molecule has 1 unspecified atom stereocenters. The number of amides is 1. The summed E-state index contributed by atoms with van der Waals surface area (Å²) >= 11 is 6.25. The van der Waals surface area contributed by atoms with Crippen LogP contribution in [0.15, 0.2) is 77.7 Å². The lowest BCUT2D eigenvalue weighted by atomic mass is 10.0. The summed E-state index contributed by atoms with van der Waals surface area (Å²) in [4.78, 5) is 12.9. The lowest BCUT2D eigenvalue weighted by Crippen LogP contribution is -2.36. The van der Waals surface area contributed by atoms with Gasteiger partial charge in [0.05, 0.1) is 21.5 Å². The third-order valence-electron chi connectivity index (χ3n) is 5.56. The minimum Gasteiger partial charge on any atom is -0.345 e. The molecular weight excluding hydrogens is 432 g/mol. The summed E-state index contributed by atoms with van der Waals surface area (Å²) in [6.07, 6.45) is 0.658. The van der Waals surface area contributed by atoms with Crippen LogP contribution in [-0.4, -0.2) is 25.2 Å². The zero-order valence-corrected chi connectivity index (χ0v) is 18.7. The monoisotopic (exact) mass is 454 g/mol. The second-order valence-electron chi connectivity index (χ2n) is 7.60. The smallest absolute Gasteiger partial charge is 0.253 e. The van der Waals surface area contributed by atoms with Crippen LogP contribution in [0.5, 0.6) is 0 Å². The van der Waals surface area contributed by atoms with E-state index in [9.17, 15) is 13.2 Å². The Labute approximate surface area is 187 Å². The Kier molecular flexibility index (Phi) is 6.14. The molecule has 0 radical (unpaired) electrons. The van der Waals surface area contributed by atoms with Gasteiger partial charge in [0.25, 0.3) is 5.91 Å². The Hall–Kier alpha value is -2.67. The molecule has 5 nitrogen and oxygen atoms in total. The summed E-state index contributed by atoms with van der Waals surface area (Å²) in [5, 5.41) is 3.10. The van der Waals surface area contributed by atoms with Gasteiger partial charge >= 0.3 is 0 Å². The molecule has 0 spiro atoms. The van der Waals surface area contributed by atoms with Crippen LogP contribution in [0.2, 0.25) is 5.02 Å². The number of carbonyl (C=O) groups is 1. The van der Waals surface area contributed by atoms with Crippen molar-refractivity contribution < 1.29 is 13.2 Å². The highest BCUT2D eigenvalue weighted by molar-refractivity contribution is 7.89. The van der Waals surface area contributed by atoms with Gasteiger partial charge in [-0.1, -0.05) is 66.2 Å². The second kappa shape index (κ2) is 8.83. The third kappa shape index (κ3) is 4.51. The molecule has 3 aromatic carbocycles. The molecule has 1 heterocycles. The lowest BCUT2D eigenvalue weighted by molar-refractivity contribution is 0.0940. The molecule has 0 aromatic heterocycles. The van der Waals surface area contributed by atoms with Crippen LogP contribution < -0.4 is 5.32 Å². The minimum atomic E-state index is -3.76. The molecule has 1 aliphatic heterocycles. The van der Waals surface area contributed by atoms with Crippen LogP contribution in [0.25, 0.3) is 0 Å². The molecular formula is C24H23ClN2O3S. The van der Waals surface area contributed by atoms with Crippen molar-refractivity contribution in [2.24, 2.45) is 0 Å². The van der Waals surface area contributed by atoms with Crippen molar-refractivity contribution in [3.8, 4) is 0 Å². The van der Waals surface area contributed by atoms with Crippen LogP contribution >= 0.6 is 11.6 Å². The lowest BCUT2D eigenvalue weighted by Gasteiger charge is -2.28. The predicted molar refractivity (Wildman–Crippen MR) is 122 cm³/mol. The van der Waals surface area contributed by atoms with Crippen molar-refractivity contribution in [1.82, 2.24) is 9.62 Å². The van der Waals surface area contributed by atoms with Gasteiger partial charge in [-0.05, 0) is 48.2 Å². The average molecular weight is 455 g/mol. The fourth-order valence-corrected chi connectivity index (χ4v) is 5.41. The van der Waals surface area contributed by atoms with Crippen molar-refractivity contribution in [3.63, 3.8) is 0 Å². The van der Waals surface area contributed by atoms with Crippen LogP contribution in [-0.2, 0) is 23.0 Å². The van der Waals surface area contributed by atoms with Crippen LogP contribution in [0, 0.1) is 0 Å². The number of benzene rings is 3. The molecule has 7 heteroatoms. The van der Waals surface area contributed by atoms with E-state index in [1.165, 1.54) is 28.1 Å². The van der Waals surface area contributed by atoms with Crippen molar-refractivity contribution >= 4 is 27.5 Å². The molecule has 160 valence electrons. The molecule has 1 aliphatic rings. The van der Waals surface area contributed by atoms with E-state index in [0.29, 0.717) is 19.5 Å². The van der Waals surface area contributed by atoms with E-state index in [1.54, 1.807) is 0 Å². The number of sulfonamides is 1. The Morgan fingerprint density at radius 3 is 2.42 bits per heavy atom. The Morgan fingerprint density at radius 2 is 1.68 bits per heavy atom. The number of nitrogens with zero attached hydrogens (tertiary/aromatic N) is 1. The van der Waals surface area contributed by atoms with E-state index in [0.717, 1.165) is 11.1 Å². The van der Waals surface area contributed by atoms with Gasteiger partial charge < -0.3 is 5.32 Å². The fraction of sp³-hybridized carbons (Fsp3) is 0.208. The van der Waals surface area contributed by atoms with Gasteiger partial charge in [-0.25, -0.2) is 8.42 Å². The quantitative estimate of drug-likeness (QED) is 0.613. The highest BCUT2D eigenvalue weighted by Gasteiger charge is 2.29. The van der Waals surface area contributed by atoms with Crippen molar-refractivity contribution in [2.75, 3.05) is 6.54 Å². The molecule has 0 saturated carbocycles. The second-order valence-corrected chi connectivity index (χ2v) is 9.95. The number of carbonyl (C=O) groups excluding carboxylic acids is 1. The van der Waals surface area contributed by atoms with Gasteiger partial charge in [0.15, 0.2) is 0 Å². The Bertz CT molecular complexity index is 1210. The maximum absolute atomic E-state index is 13.3. The maximum Gasteiger partial charge on any atom is 0.253 e. The van der Waals surface area contributed by atoms with Crippen LogP contribution in [0.3, 0.4) is 0 Å². The topological polar surface area (TPSA) is 66.5 Å². The van der Waals surface area contributed by atoms with Gasteiger partial charge in [0.1, 0.15) is 0 Å². The van der Waals surface area contributed by atoms with Crippen LogP contribution in [0.4, 0.5) is 0 Å². The standard InChI is InChI=1S/C24H23ClN2O3S/c1-17(18-7-3-2-4-8-18)26-24(28)22-15-21(11-12-23(22)25)31(29,30)27-14-13-19-9-5-6-10-20(19)16-27/h2-12,15,17H,13-14,16H2,1H3,(H,26,28). The Morgan fingerprint density at radius 1 is 1.00 bits per heavy atom. The van der Waals surface area contributed by atoms with Gasteiger partial charge in [0, 0.05) is 13.1 Å². The predicted octanol–water partition coefficient (Wildman–Crippen LogP) is 4.58. The summed E-state index contributed by atoms with van der Waals surface area (Å²) in [6.45, 7) is 2.58. The summed E-state index contributed by atoms with van der Waals surface area (Å²) in [7, 11) is -3.76. The molecule has 0 saturated heterocycles. The van der Waals surface area contributed by atoms with Gasteiger partial charge in [-0.3, -0.25) is 4.79 Å². The zero-order chi connectivity index (χ0) is 22.0. The molecule has 1 amide bonds. The van der Waals surface area contributed by atoms with E-state index in [4.69, 9.17) is 11.6 Å². The fourth-order valence-electron chi connectivity index (χ4n) is 3.76.